The number of carbonyl (C=O) groups is 2. The number of carboxylic acid groups (broad SMARTS) is 1. The van der Waals surface area contributed by atoms with Crippen LogP contribution in [-0.4, -0.2) is 34.7 Å². The van der Waals surface area contributed by atoms with E-state index in [1.165, 1.54) is 0 Å². The molecule has 0 aromatic heterocycles. The van der Waals surface area contributed by atoms with Gasteiger partial charge in [-0.2, -0.15) is 0 Å². The predicted octanol–water partition coefficient (Wildman–Crippen LogP) is 1.39. The Bertz CT molecular complexity index is 450. The summed E-state index contributed by atoms with van der Waals surface area (Å²) in [7, 11) is 0. The van der Waals surface area contributed by atoms with E-state index in [4.69, 9.17) is 10.2 Å². The first kappa shape index (κ1) is 14.1. The molecule has 0 saturated heterocycles. The largest absolute Gasteiger partial charge is 0.480 e. The van der Waals surface area contributed by atoms with Crippen molar-refractivity contribution in [1.29, 1.82) is 0 Å². The van der Waals surface area contributed by atoms with Crippen molar-refractivity contribution in [3.05, 3.63) is 32.7 Å². The third kappa shape index (κ3) is 3.79. The topological polar surface area (TPSA) is 86.6 Å². The van der Waals surface area contributed by atoms with Crippen LogP contribution in [0, 0.1) is 0 Å². The third-order valence-electron chi connectivity index (χ3n) is 1.96. The molecule has 92 valence electrons. The standard InChI is InChI=1S/C10H9Br2NO4/c11-5-1-2-7(12)6(3-5)9(15)13-8(4-14)10(16)17/h1-3,8,14H,4H2,(H,13,15)(H,16,17). The molecular weight excluding hydrogens is 358 g/mol. The monoisotopic (exact) mass is 365 g/mol. The molecule has 1 rings (SSSR count). The summed E-state index contributed by atoms with van der Waals surface area (Å²) in [5.41, 5.74) is 0.291. The van der Waals surface area contributed by atoms with Gasteiger partial charge in [0.2, 0.25) is 0 Å². The van der Waals surface area contributed by atoms with Crippen molar-refractivity contribution in [1.82, 2.24) is 5.32 Å². The van der Waals surface area contributed by atoms with Crippen LogP contribution in [0.1, 0.15) is 10.4 Å². The van der Waals surface area contributed by atoms with Crippen molar-refractivity contribution in [2.75, 3.05) is 6.61 Å². The molecular formula is C10H9Br2NO4. The molecule has 1 atom stereocenters. The molecule has 0 aliphatic heterocycles. The van der Waals surface area contributed by atoms with E-state index in [9.17, 15) is 9.59 Å². The van der Waals surface area contributed by atoms with Crippen molar-refractivity contribution in [3.8, 4) is 0 Å². The molecule has 3 N–H and O–H groups in total. The second-order valence-electron chi connectivity index (χ2n) is 3.17. The lowest BCUT2D eigenvalue weighted by atomic mass is 10.2. The number of amides is 1. The minimum atomic E-state index is -1.31. The van der Waals surface area contributed by atoms with Gasteiger partial charge in [-0.05, 0) is 34.1 Å². The minimum absolute atomic E-state index is 0.291. The van der Waals surface area contributed by atoms with E-state index < -0.39 is 24.5 Å². The Balaban J connectivity index is 2.89. The second-order valence-corrected chi connectivity index (χ2v) is 4.94. The van der Waals surface area contributed by atoms with Gasteiger partial charge in [-0.3, -0.25) is 4.79 Å². The number of rotatable bonds is 4. The maximum Gasteiger partial charge on any atom is 0.328 e. The third-order valence-corrected chi connectivity index (χ3v) is 3.14. The van der Waals surface area contributed by atoms with Crippen LogP contribution < -0.4 is 5.32 Å². The van der Waals surface area contributed by atoms with Crippen LogP contribution in [0.4, 0.5) is 0 Å². The van der Waals surface area contributed by atoms with E-state index in [1.807, 2.05) is 0 Å². The van der Waals surface area contributed by atoms with E-state index in [2.05, 4.69) is 37.2 Å². The smallest absolute Gasteiger partial charge is 0.328 e. The van der Waals surface area contributed by atoms with Crippen LogP contribution in [0.15, 0.2) is 27.1 Å². The lowest BCUT2D eigenvalue weighted by Gasteiger charge is -2.12. The number of carboxylic acids is 1. The Hall–Kier alpha value is -0.920. The molecule has 7 heteroatoms. The van der Waals surface area contributed by atoms with Gasteiger partial charge in [0.05, 0.1) is 12.2 Å². The first-order valence-corrected chi connectivity index (χ1v) is 6.14. The highest BCUT2D eigenvalue weighted by Crippen LogP contribution is 2.21. The molecule has 1 unspecified atom stereocenters. The maximum absolute atomic E-state index is 11.8. The zero-order chi connectivity index (χ0) is 13.0. The Morgan fingerprint density at radius 2 is 2.00 bits per heavy atom. The van der Waals surface area contributed by atoms with E-state index in [1.54, 1.807) is 18.2 Å². The van der Waals surface area contributed by atoms with Crippen molar-refractivity contribution in [3.63, 3.8) is 0 Å². The van der Waals surface area contributed by atoms with Crippen LogP contribution in [0.2, 0.25) is 0 Å². The Morgan fingerprint density at radius 3 is 2.53 bits per heavy atom. The number of aliphatic hydroxyl groups is 1. The number of aliphatic carboxylic acids is 1. The summed E-state index contributed by atoms with van der Waals surface area (Å²) in [5, 5.41) is 19.7. The van der Waals surface area contributed by atoms with Gasteiger partial charge in [-0.25, -0.2) is 4.79 Å². The number of benzene rings is 1. The van der Waals surface area contributed by atoms with Gasteiger partial charge >= 0.3 is 5.97 Å². The SMILES string of the molecule is O=C(NC(CO)C(=O)O)c1cc(Br)ccc1Br. The predicted molar refractivity (Wildman–Crippen MR) is 67.8 cm³/mol. The fourth-order valence-corrected chi connectivity index (χ4v) is 1.88. The van der Waals surface area contributed by atoms with Gasteiger partial charge < -0.3 is 15.5 Å². The summed E-state index contributed by atoms with van der Waals surface area (Å²) in [6.07, 6.45) is 0. The van der Waals surface area contributed by atoms with Crippen molar-refractivity contribution < 1.29 is 19.8 Å². The Morgan fingerprint density at radius 1 is 1.35 bits per heavy atom. The molecule has 1 aromatic rings. The first-order valence-electron chi connectivity index (χ1n) is 4.55. The van der Waals surface area contributed by atoms with Crippen molar-refractivity contribution in [2.45, 2.75) is 6.04 Å². The van der Waals surface area contributed by atoms with Gasteiger partial charge in [0, 0.05) is 8.95 Å². The summed E-state index contributed by atoms with van der Waals surface area (Å²) in [6.45, 7) is -0.660. The molecule has 17 heavy (non-hydrogen) atoms. The van der Waals surface area contributed by atoms with Crippen LogP contribution in [0.5, 0.6) is 0 Å². The molecule has 0 fully saturated rings. The Labute approximate surface area is 114 Å². The average Bonchev–Trinajstić information content (AvgIpc) is 2.28. The number of halogens is 2. The highest BCUT2D eigenvalue weighted by molar-refractivity contribution is 9.11. The number of aliphatic hydroxyl groups excluding tert-OH is 1. The molecule has 0 saturated carbocycles. The number of hydrogen-bond donors (Lipinski definition) is 3. The van der Waals surface area contributed by atoms with Crippen LogP contribution >= 0.6 is 31.9 Å². The maximum atomic E-state index is 11.8. The molecule has 0 bridgehead atoms. The fraction of sp³-hybridized carbons (Fsp3) is 0.200. The van der Waals surface area contributed by atoms with Gasteiger partial charge in [-0.15, -0.1) is 0 Å². The lowest BCUT2D eigenvalue weighted by molar-refractivity contribution is -0.140. The van der Waals surface area contributed by atoms with E-state index in [-0.39, 0.29) is 0 Å². The van der Waals surface area contributed by atoms with Crippen LogP contribution in [-0.2, 0) is 4.79 Å². The zero-order valence-electron chi connectivity index (χ0n) is 8.48. The van der Waals surface area contributed by atoms with Gasteiger partial charge in [-0.1, -0.05) is 15.9 Å². The molecule has 0 spiro atoms. The molecule has 0 heterocycles. The van der Waals surface area contributed by atoms with E-state index >= 15 is 0 Å². The van der Waals surface area contributed by atoms with Crippen molar-refractivity contribution >= 4 is 43.7 Å². The summed E-state index contributed by atoms with van der Waals surface area (Å²) < 4.78 is 1.24. The second kappa shape index (κ2) is 6.13. The summed E-state index contributed by atoms with van der Waals surface area (Å²) in [6, 6.07) is 3.64. The molecule has 0 aliphatic rings. The van der Waals surface area contributed by atoms with E-state index in [0.29, 0.717) is 14.5 Å². The molecule has 1 aromatic carbocycles. The molecule has 1 amide bonds. The zero-order valence-corrected chi connectivity index (χ0v) is 11.7. The molecule has 0 aliphatic carbocycles. The number of hydrogen-bond acceptors (Lipinski definition) is 3. The number of carbonyl (C=O) groups excluding carboxylic acids is 1. The molecule has 0 radical (unpaired) electrons. The quantitative estimate of drug-likeness (QED) is 0.751. The summed E-state index contributed by atoms with van der Waals surface area (Å²) >= 11 is 6.40. The summed E-state index contributed by atoms with van der Waals surface area (Å²) in [5.74, 6) is -1.86. The Kier molecular flexibility index (Phi) is 5.10. The van der Waals surface area contributed by atoms with Gasteiger partial charge in [0.25, 0.3) is 5.91 Å². The highest BCUT2D eigenvalue weighted by Gasteiger charge is 2.20. The van der Waals surface area contributed by atoms with Crippen LogP contribution in [0.25, 0.3) is 0 Å². The number of nitrogens with one attached hydrogen (secondary N) is 1. The van der Waals surface area contributed by atoms with Gasteiger partial charge in [0.15, 0.2) is 6.04 Å². The highest BCUT2D eigenvalue weighted by atomic mass is 79.9. The average molecular weight is 367 g/mol. The normalized spacial score (nSPS) is 11.9. The summed E-state index contributed by atoms with van der Waals surface area (Å²) in [4.78, 5) is 22.4. The first-order chi connectivity index (χ1) is 7.95. The fourth-order valence-electron chi connectivity index (χ4n) is 1.09. The van der Waals surface area contributed by atoms with Gasteiger partial charge in [0.1, 0.15) is 0 Å². The molecule has 5 nitrogen and oxygen atoms in total. The van der Waals surface area contributed by atoms with Crippen LogP contribution in [0.3, 0.4) is 0 Å². The van der Waals surface area contributed by atoms with Crippen molar-refractivity contribution in [2.24, 2.45) is 0 Å². The van der Waals surface area contributed by atoms with E-state index in [0.717, 1.165) is 0 Å². The lowest BCUT2D eigenvalue weighted by Crippen LogP contribution is -2.43. The minimum Gasteiger partial charge on any atom is -0.480 e.